The lowest BCUT2D eigenvalue weighted by atomic mass is 10.0. The molecule has 0 spiro atoms. The molecule has 5 aromatic rings. The Labute approximate surface area is 257 Å². The highest BCUT2D eigenvalue weighted by molar-refractivity contribution is 7.91. The molecule has 10 heteroatoms. The van der Waals surface area contributed by atoms with Gasteiger partial charge in [0.2, 0.25) is 10.0 Å². The zero-order valence-corrected chi connectivity index (χ0v) is 25.4. The van der Waals surface area contributed by atoms with Gasteiger partial charge in [-0.25, -0.2) is 18.2 Å². The fourth-order valence-corrected chi connectivity index (χ4v) is 7.09. The molecule has 1 aliphatic rings. The topological polar surface area (TPSA) is 128 Å². The van der Waals surface area contributed by atoms with Crippen LogP contribution in [-0.4, -0.2) is 43.1 Å². The maximum atomic E-state index is 13.5. The maximum absolute atomic E-state index is 13.5. The van der Waals surface area contributed by atoms with Crippen molar-refractivity contribution in [2.75, 3.05) is 17.9 Å². The van der Waals surface area contributed by atoms with E-state index in [4.69, 9.17) is 15.5 Å². The summed E-state index contributed by atoms with van der Waals surface area (Å²) in [5.41, 5.74) is 9.61. The van der Waals surface area contributed by atoms with E-state index in [9.17, 15) is 13.2 Å². The quantitative estimate of drug-likeness (QED) is 0.172. The first-order valence-corrected chi connectivity index (χ1v) is 16.7. The number of aromatic nitrogens is 2. The van der Waals surface area contributed by atoms with Gasteiger partial charge < -0.3 is 20.4 Å². The number of sulfonamides is 1. The number of ether oxygens (including phenoxy) is 1. The number of carbonyl (C=O) groups is 1. The molecule has 3 aromatic carbocycles. The Morgan fingerprint density at radius 3 is 2.61 bits per heavy atom. The molecular weight excluding hydrogens is 574 g/mol. The number of carbonyl (C=O) groups excluding carboxylic acids is 1. The van der Waals surface area contributed by atoms with Gasteiger partial charge in [-0.3, -0.25) is 4.72 Å². The number of hydrogen-bond acceptors (Lipinski definition) is 7. The van der Waals surface area contributed by atoms with E-state index in [1.165, 1.54) is 12.8 Å². The van der Waals surface area contributed by atoms with Crippen molar-refractivity contribution in [3.63, 3.8) is 0 Å². The molecule has 6 rings (SSSR count). The van der Waals surface area contributed by atoms with E-state index in [-0.39, 0.29) is 18.8 Å². The Morgan fingerprint density at radius 1 is 1.00 bits per heavy atom. The number of nitrogens with one attached hydrogen (secondary N) is 2. The summed E-state index contributed by atoms with van der Waals surface area (Å²) in [5, 5.41) is 6.11. The van der Waals surface area contributed by atoms with Gasteiger partial charge in [0.25, 0.3) is 0 Å². The first kappa shape index (κ1) is 29.8. The van der Waals surface area contributed by atoms with Gasteiger partial charge in [0.05, 0.1) is 24.6 Å². The summed E-state index contributed by atoms with van der Waals surface area (Å²) in [6.45, 7) is 1.85. The van der Waals surface area contributed by atoms with E-state index in [1.54, 1.807) is 18.2 Å². The number of nitrogens with two attached hydrogens (primary N) is 1. The zero-order chi connectivity index (χ0) is 30.5. The van der Waals surface area contributed by atoms with Gasteiger partial charge in [-0.2, -0.15) is 0 Å². The molecule has 228 valence electrons. The van der Waals surface area contributed by atoms with E-state index in [2.05, 4.69) is 10.0 Å². The Bertz CT molecular complexity index is 1880. The Morgan fingerprint density at radius 2 is 1.82 bits per heavy atom. The zero-order valence-electron chi connectivity index (χ0n) is 24.5. The summed E-state index contributed by atoms with van der Waals surface area (Å²) < 4.78 is 36.7. The third kappa shape index (κ3) is 6.93. The number of esters is 1. The SMILES string of the molecule is NCc1ccc2cc(C(=O)OCCC3CCCCN3)n(Cc3cc(NS(=O)(=O)Cc4ccccc4)cc4ccccc34)c2n1. The van der Waals surface area contributed by atoms with Crippen LogP contribution in [0.25, 0.3) is 21.8 Å². The summed E-state index contributed by atoms with van der Waals surface area (Å²) in [7, 11) is -3.68. The molecule has 2 aromatic heterocycles. The molecular formula is C34H37N5O4S. The summed E-state index contributed by atoms with van der Waals surface area (Å²) in [6, 6.07) is 26.5. The largest absolute Gasteiger partial charge is 0.461 e. The van der Waals surface area contributed by atoms with Crippen LogP contribution in [0.15, 0.2) is 84.9 Å². The normalized spacial score (nSPS) is 15.4. The summed E-state index contributed by atoms with van der Waals surface area (Å²) in [6.07, 6.45) is 4.21. The smallest absolute Gasteiger partial charge is 0.355 e. The molecule has 1 aliphatic heterocycles. The summed E-state index contributed by atoms with van der Waals surface area (Å²) in [4.78, 5) is 18.3. The minimum atomic E-state index is -3.68. The molecule has 4 N–H and O–H groups in total. The van der Waals surface area contributed by atoms with Crippen LogP contribution >= 0.6 is 0 Å². The van der Waals surface area contributed by atoms with E-state index < -0.39 is 16.0 Å². The van der Waals surface area contributed by atoms with Gasteiger partial charge in [0.1, 0.15) is 11.3 Å². The second-order valence-electron chi connectivity index (χ2n) is 11.3. The van der Waals surface area contributed by atoms with Crippen molar-refractivity contribution >= 4 is 43.5 Å². The van der Waals surface area contributed by atoms with Crippen molar-refractivity contribution in [3.05, 3.63) is 107 Å². The van der Waals surface area contributed by atoms with E-state index in [0.29, 0.717) is 40.9 Å². The van der Waals surface area contributed by atoms with Crippen LogP contribution in [0.1, 0.15) is 53.0 Å². The molecule has 1 fully saturated rings. The number of nitrogens with zero attached hydrogens (tertiary/aromatic N) is 2. The van der Waals surface area contributed by atoms with Crippen LogP contribution in [0.4, 0.5) is 5.69 Å². The Hall–Kier alpha value is -4.25. The molecule has 0 bridgehead atoms. The molecule has 0 amide bonds. The minimum absolute atomic E-state index is 0.142. The van der Waals surface area contributed by atoms with Crippen molar-refractivity contribution in [2.24, 2.45) is 5.73 Å². The van der Waals surface area contributed by atoms with Gasteiger partial charge in [0, 0.05) is 23.7 Å². The number of piperidine rings is 1. The summed E-state index contributed by atoms with van der Waals surface area (Å²) >= 11 is 0. The highest BCUT2D eigenvalue weighted by Crippen LogP contribution is 2.29. The number of hydrogen-bond donors (Lipinski definition) is 3. The lowest BCUT2D eigenvalue weighted by Gasteiger charge is -2.23. The standard InChI is InChI=1S/C34H37N5O4S/c35-21-29-14-13-26-20-32(34(40)43-17-15-28-11-6-7-16-36-28)39(33(26)37-29)22-27-19-30(18-25-10-4-5-12-31(25)27)38-44(41,42)23-24-8-2-1-3-9-24/h1-5,8-10,12-14,18-20,28,36,38H,6-7,11,15-17,21-23,35H2. The van der Waals surface area contributed by atoms with Crippen molar-refractivity contribution in [1.29, 1.82) is 0 Å². The molecule has 0 saturated carbocycles. The second kappa shape index (κ2) is 13.2. The molecule has 9 nitrogen and oxygen atoms in total. The van der Waals surface area contributed by atoms with Crippen LogP contribution in [0.5, 0.6) is 0 Å². The Balaban J connectivity index is 1.33. The molecule has 0 aliphatic carbocycles. The maximum Gasteiger partial charge on any atom is 0.355 e. The highest BCUT2D eigenvalue weighted by atomic mass is 32.2. The van der Waals surface area contributed by atoms with Crippen molar-refractivity contribution < 1.29 is 17.9 Å². The van der Waals surface area contributed by atoms with Crippen LogP contribution in [0.3, 0.4) is 0 Å². The fourth-order valence-electron chi connectivity index (χ4n) is 5.91. The first-order valence-electron chi connectivity index (χ1n) is 15.0. The third-order valence-electron chi connectivity index (χ3n) is 8.08. The predicted octanol–water partition coefficient (Wildman–Crippen LogP) is 5.33. The number of fused-ring (bicyclic) bond motifs is 2. The van der Waals surface area contributed by atoms with Gasteiger partial charge in [0.15, 0.2) is 0 Å². The van der Waals surface area contributed by atoms with E-state index in [0.717, 1.165) is 41.1 Å². The molecule has 44 heavy (non-hydrogen) atoms. The molecule has 1 unspecified atom stereocenters. The van der Waals surface area contributed by atoms with Crippen LogP contribution < -0.4 is 15.8 Å². The lowest BCUT2D eigenvalue weighted by molar-refractivity contribution is 0.0474. The van der Waals surface area contributed by atoms with Crippen molar-refractivity contribution in [1.82, 2.24) is 14.9 Å². The number of rotatable bonds is 11. The summed E-state index contributed by atoms with van der Waals surface area (Å²) in [5.74, 6) is -0.562. The molecule has 1 saturated heterocycles. The number of benzene rings is 3. The van der Waals surface area contributed by atoms with Crippen LogP contribution in [0, 0.1) is 0 Å². The molecule has 3 heterocycles. The second-order valence-corrected chi connectivity index (χ2v) is 13.0. The van der Waals surface area contributed by atoms with Gasteiger partial charge in [-0.05, 0) is 78.0 Å². The molecule has 1 atom stereocenters. The number of pyridine rings is 1. The Kier molecular flexibility index (Phi) is 8.92. The average Bonchev–Trinajstić information content (AvgIpc) is 3.39. The van der Waals surface area contributed by atoms with Gasteiger partial charge >= 0.3 is 5.97 Å². The predicted molar refractivity (Wildman–Crippen MR) is 174 cm³/mol. The van der Waals surface area contributed by atoms with E-state index >= 15 is 0 Å². The lowest BCUT2D eigenvalue weighted by Crippen LogP contribution is -2.35. The highest BCUT2D eigenvalue weighted by Gasteiger charge is 2.21. The van der Waals surface area contributed by atoms with Crippen LogP contribution in [-0.2, 0) is 33.6 Å². The van der Waals surface area contributed by atoms with Crippen molar-refractivity contribution in [3.8, 4) is 0 Å². The average molecular weight is 612 g/mol. The minimum Gasteiger partial charge on any atom is -0.461 e. The molecule has 0 radical (unpaired) electrons. The first-order chi connectivity index (χ1) is 21.4. The fraction of sp³-hybridized carbons (Fsp3) is 0.294. The van der Waals surface area contributed by atoms with Gasteiger partial charge in [-0.1, -0.05) is 61.0 Å². The third-order valence-corrected chi connectivity index (χ3v) is 9.34. The van der Waals surface area contributed by atoms with Crippen molar-refractivity contribution in [2.45, 2.75) is 50.6 Å². The monoisotopic (exact) mass is 611 g/mol. The number of anilines is 1. The van der Waals surface area contributed by atoms with E-state index in [1.807, 2.05) is 71.3 Å². The van der Waals surface area contributed by atoms with Gasteiger partial charge in [-0.15, -0.1) is 0 Å². The van der Waals surface area contributed by atoms with Crippen LogP contribution in [0.2, 0.25) is 0 Å².